The Labute approximate surface area is 180 Å². The van der Waals surface area contributed by atoms with E-state index in [0.29, 0.717) is 18.5 Å². The van der Waals surface area contributed by atoms with Crippen LogP contribution in [0.15, 0.2) is 60.2 Å². The van der Waals surface area contributed by atoms with E-state index in [1.807, 2.05) is 49.6 Å². The number of hydrogen-bond acceptors (Lipinski definition) is 5. The van der Waals surface area contributed by atoms with E-state index >= 15 is 0 Å². The third-order valence-electron chi connectivity index (χ3n) is 5.61. The number of rotatable bonds is 5. The molecule has 3 heterocycles. The Morgan fingerprint density at radius 2 is 1.90 bits per heavy atom. The van der Waals surface area contributed by atoms with Crippen LogP contribution in [0.25, 0.3) is 11.3 Å². The third kappa shape index (κ3) is 3.85. The standard InChI is InChI=1S/C23H24N4O2S/c1-16(20-26-19(15-30-20)17-9-12-24-13-10-17)25-22(29)23(2)11-6-14-27(23)21(28)18-7-4-3-5-8-18/h3-5,7-10,12-13,15-16H,6,11,14H2,1-2H3,(H,25,29). The summed E-state index contributed by atoms with van der Waals surface area (Å²) in [4.78, 5) is 36.7. The third-order valence-corrected chi connectivity index (χ3v) is 6.64. The fourth-order valence-electron chi connectivity index (χ4n) is 3.82. The molecule has 0 saturated carbocycles. The number of nitrogens with zero attached hydrogens (tertiary/aromatic N) is 3. The van der Waals surface area contributed by atoms with Gasteiger partial charge in [0.05, 0.1) is 11.7 Å². The van der Waals surface area contributed by atoms with Crippen LogP contribution in [0, 0.1) is 0 Å². The van der Waals surface area contributed by atoms with E-state index in [2.05, 4.69) is 15.3 Å². The maximum Gasteiger partial charge on any atom is 0.254 e. The van der Waals surface area contributed by atoms with Crippen molar-refractivity contribution in [1.29, 1.82) is 0 Å². The van der Waals surface area contributed by atoms with Crippen LogP contribution in [0.3, 0.4) is 0 Å². The Hall–Kier alpha value is -3.06. The summed E-state index contributed by atoms with van der Waals surface area (Å²) in [5, 5.41) is 5.90. The second-order valence-electron chi connectivity index (χ2n) is 7.70. The smallest absolute Gasteiger partial charge is 0.254 e. The van der Waals surface area contributed by atoms with Gasteiger partial charge in [-0.1, -0.05) is 18.2 Å². The molecule has 1 N–H and O–H groups in total. The number of carbonyl (C=O) groups excluding carboxylic acids is 2. The fraction of sp³-hybridized carbons (Fsp3) is 0.304. The molecular formula is C23H24N4O2S. The average Bonchev–Trinajstić information content (AvgIpc) is 3.42. The summed E-state index contributed by atoms with van der Waals surface area (Å²) < 4.78 is 0. The second kappa shape index (κ2) is 8.36. The molecule has 30 heavy (non-hydrogen) atoms. The van der Waals surface area contributed by atoms with E-state index in [-0.39, 0.29) is 17.9 Å². The number of thiazole rings is 1. The molecule has 4 rings (SSSR count). The largest absolute Gasteiger partial charge is 0.345 e. The van der Waals surface area contributed by atoms with Crippen molar-refractivity contribution < 1.29 is 9.59 Å². The molecular weight excluding hydrogens is 396 g/mol. The van der Waals surface area contributed by atoms with Gasteiger partial charge >= 0.3 is 0 Å². The lowest BCUT2D eigenvalue weighted by Crippen LogP contribution is -2.55. The lowest BCUT2D eigenvalue weighted by molar-refractivity contribution is -0.130. The molecule has 6 nitrogen and oxygen atoms in total. The molecule has 1 fully saturated rings. The predicted octanol–water partition coefficient (Wildman–Crippen LogP) is 4.08. The highest BCUT2D eigenvalue weighted by Crippen LogP contribution is 2.32. The second-order valence-corrected chi connectivity index (χ2v) is 8.59. The highest BCUT2D eigenvalue weighted by atomic mass is 32.1. The molecule has 2 atom stereocenters. The first kappa shape index (κ1) is 20.2. The van der Waals surface area contributed by atoms with Crippen molar-refractivity contribution >= 4 is 23.2 Å². The van der Waals surface area contributed by atoms with Gasteiger partial charge < -0.3 is 10.2 Å². The zero-order valence-electron chi connectivity index (χ0n) is 17.0. The molecule has 154 valence electrons. The van der Waals surface area contributed by atoms with Gasteiger partial charge in [-0.15, -0.1) is 11.3 Å². The van der Waals surface area contributed by atoms with Crippen molar-refractivity contribution in [1.82, 2.24) is 20.2 Å². The van der Waals surface area contributed by atoms with E-state index in [1.54, 1.807) is 29.4 Å². The normalized spacial score (nSPS) is 19.5. The molecule has 2 aromatic heterocycles. The van der Waals surface area contributed by atoms with E-state index in [9.17, 15) is 9.59 Å². The van der Waals surface area contributed by atoms with Crippen LogP contribution in [-0.4, -0.2) is 38.8 Å². The average molecular weight is 421 g/mol. The van der Waals surface area contributed by atoms with E-state index in [0.717, 1.165) is 22.7 Å². The van der Waals surface area contributed by atoms with E-state index in [1.165, 1.54) is 11.3 Å². The van der Waals surface area contributed by atoms with Crippen LogP contribution < -0.4 is 5.32 Å². The Balaban J connectivity index is 1.48. The minimum Gasteiger partial charge on any atom is -0.345 e. The summed E-state index contributed by atoms with van der Waals surface area (Å²) in [6, 6.07) is 12.7. The van der Waals surface area contributed by atoms with Crippen molar-refractivity contribution in [3.05, 3.63) is 70.8 Å². The van der Waals surface area contributed by atoms with Gasteiger partial charge in [-0.2, -0.15) is 0 Å². The summed E-state index contributed by atoms with van der Waals surface area (Å²) in [5.74, 6) is -0.245. The zero-order chi connectivity index (χ0) is 21.1. The maximum absolute atomic E-state index is 13.2. The molecule has 0 aliphatic carbocycles. The van der Waals surface area contributed by atoms with Crippen LogP contribution in [0.1, 0.15) is 48.1 Å². The van der Waals surface area contributed by atoms with E-state index < -0.39 is 5.54 Å². The summed E-state index contributed by atoms with van der Waals surface area (Å²) in [5.41, 5.74) is 1.60. The lowest BCUT2D eigenvalue weighted by Gasteiger charge is -2.34. The Bertz CT molecular complexity index is 1040. The minimum absolute atomic E-state index is 0.104. The molecule has 1 aromatic carbocycles. The zero-order valence-corrected chi connectivity index (χ0v) is 17.9. The number of nitrogens with one attached hydrogen (secondary N) is 1. The maximum atomic E-state index is 13.2. The molecule has 0 bridgehead atoms. The molecule has 1 saturated heterocycles. The first-order chi connectivity index (χ1) is 14.5. The lowest BCUT2D eigenvalue weighted by atomic mass is 9.96. The van der Waals surface area contributed by atoms with Crippen molar-refractivity contribution in [3.8, 4) is 11.3 Å². The van der Waals surface area contributed by atoms with Gasteiger partial charge in [0.15, 0.2) is 0 Å². The van der Waals surface area contributed by atoms with Gasteiger partial charge in [-0.3, -0.25) is 14.6 Å². The Kier molecular flexibility index (Phi) is 5.63. The molecule has 0 radical (unpaired) electrons. The summed E-state index contributed by atoms with van der Waals surface area (Å²) in [7, 11) is 0. The van der Waals surface area contributed by atoms with Crippen molar-refractivity contribution in [2.75, 3.05) is 6.54 Å². The van der Waals surface area contributed by atoms with Gasteiger partial charge in [-0.05, 0) is 51.0 Å². The topological polar surface area (TPSA) is 75.2 Å². The monoisotopic (exact) mass is 420 g/mol. The number of pyridine rings is 1. The molecule has 3 aromatic rings. The van der Waals surface area contributed by atoms with Crippen molar-refractivity contribution in [2.24, 2.45) is 0 Å². The quantitative estimate of drug-likeness (QED) is 0.675. The van der Waals surface area contributed by atoms with Crippen LogP contribution in [0.2, 0.25) is 0 Å². The van der Waals surface area contributed by atoms with Crippen LogP contribution in [0.5, 0.6) is 0 Å². The van der Waals surface area contributed by atoms with Crippen LogP contribution in [-0.2, 0) is 4.79 Å². The van der Waals surface area contributed by atoms with Gasteiger partial charge in [0.25, 0.3) is 5.91 Å². The number of benzene rings is 1. The van der Waals surface area contributed by atoms with Gasteiger partial charge in [-0.25, -0.2) is 4.98 Å². The van der Waals surface area contributed by atoms with Gasteiger partial charge in [0, 0.05) is 35.4 Å². The van der Waals surface area contributed by atoms with Crippen LogP contribution >= 0.6 is 11.3 Å². The Morgan fingerprint density at radius 1 is 1.17 bits per heavy atom. The fourth-order valence-corrected chi connectivity index (χ4v) is 4.65. The molecule has 1 aliphatic heterocycles. The molecule has 2 amide bonds. The summed E-state index contributed by atoms with van der Waals surface area (Å²) in [6.07, 6.45) is 4.92. The highest BCUT2D eigenvalue weighted by Gasteiger charge is 2.46. The SMILES string of the molecule is CC(NC(=O)C1(C)CCCN1C(=O)c1ccccc1)c1nc(-c2ccncc2)cs1. The number of amides is 2. The van der Waals surface area contributed by atoms with Gasteiger partial charge in [0.1, 0.15) is 10.5 Å². The first-order valence-corrected chi connectivity index (χ1v) is 10.9. The van der Waals surface area contributed by atoms with Crippen molar-refractivity contribution in [3.63, 3.8) is 0 Å². The predicted molar refractivity (Wildman–Crippen MR) is 117 cm³/mol. The molecule has 7 heteroatoms. The molecule has 0 spiro atoms. The number of likely N-dealkylation sites (tertiary alicyclic amines) is 1. The summed E-state index contributed by atoms with van der Waals surface area (Å²) in [6.45, 7) is 4.36. The minimum atomic E-state index is -0.869. The van der Waals surface area contributed by atoms with E-state index in [4.69, 9.17) is 0 Å². The number of hydrogen-bond donors (Lipinski definition) is 1. The first-order valence-electron chi connectivity index (χ1n) is 10.0. The molecule has 1 aliphatic rings. The molecule has 2 unspecified atom stereocenters. The van der Waals surface area contributed by atoms with Crippen molar-refractivity contribution in [2.45, 2.75) is 38.3 Å². The number of carbonyl (C=O) groups is 2. The van der Waals surface area contributed by atoms with Gasteiger partial charge in [0.2, 0.25) is 5.91 Å². The van der Waals surface area contributed by atoms with Crippen LogP contribution in [0.4, 0.5) is 0 Å². The highest BCUT2D eigenvalue weighted by molar-refractivity contribution is 7.10. The summed E-state index contributed by atoms with van der Waals surface area (Å²) >= 11 is 1.51. The number of aromatic nitrogens is 2. The Morgan fingerprint density at radius 3 is 2.63 bits per heavy atom.